The van der Waals surface area contributed by atoms with Crippen molar-refractivity contribution in [2.75, 3.05) is 13.6 Å². The summed E-state index contributed by atoms with van der Waals surface area (Å²) in [7, 11) is 2.05. The van der Waals surface area contributed by atoms with Gasteiger partial charge in [-0.15, -0.1) is 0 Å². The molecule has 0 fully saturated rings. The van der Waals surface area contributed by atoms with Crippen LogP contribution in [0, 0.1) is 0 Å². The zero-order valence-corrected chi connectivity index (χ0v) is 15.0. The number of carbonyl (C=O) groups excluding carboxylic acids is 1. The second-order valence-corrected chi connectivity index (χ2v) is 6.43. The number of carbonyl (C=O) groups is 1. The van der Waals surface area contributed by atoms with Crippen LogP contribution in [0.15, 0.2) is 96.6 Å². The van der Waals surface area contributed by atoms with Crippen molar-refractivity contribution in [3.05, 3.63) is 113 Å². The summed E-state index contributed by atoms with van der Waals surface area (Å²) in [5.41, 5.74) is 3.80. The molecule has 3 rings (SSSR count). The average molecular weight is 341 g/mol. The molecule has 0 amide bonds. The van der Waals surface area contributed by atoms with Crippen molar-refractivity contribution < 1.29 is 4.79 Å². The van der Waals surface area contributed by atoms with Crippen LogP contribution in [0.4, 0.5) is 0 Å². The number of likely N-dealkylation sites (N-methyl/N-ethyl adjacent to an activating group) is 1. The maximum atomic E-state index is 13.0. The van der Waals surface area contributed by atoms with Gasteiger partial charge in [0.1, 0.15) is 0 Å². The highest BCUT2D eigenvalue weighted by Crippen LogP contribution is 2.15. The lowest BCUT2D eigenvalue weighted by molar-refractivity contribution is 0.102. The van der Waals surface area contributed by atoms with E-state index in [0.717, 1.165) is 23.2 Å². The van der Waals surface area contributed by atoms with Crippen LogP contribution in [0.1, 0.15) is 21.5 Å². The highest BCUT2D eigenvalue weighted by Gasteiger charge is 2.14. The first kappa shape index (κ1) is 17.8. The van der Waals surface area contributed by atoms with Crippen molar-refractivity contribution in [2.24, 2.45) is 0 Å². The Morgan fingerprint density at radius 2 is 1.35 bits per heavy atom. The third kappa shape index (κ3) is 5.01. The maximum Gasteiger partial charge on any atom is 0.190 e. The molecule has 0 aromatic heterocycles. The molecule has 0 atom stereocenters. The molecular weight excluding hydrogens is 318 g/mol. The smallest absolute Gasteiger partial charge is 0.190 e. The molecule has 3 aromatic carbocycles. The first-order valence-corrected chi connectivity index (χ1v) is 8.80. The lowest BCUT2D eigenvalue weighted by atomic mass is 10.0. The van der Waals surface area contributed by atoms with Crippen LogP contribution < -0.4 is 0 Å². The lowest BCUT2D eigenvalue weighted by Crippen LogP contribution is -2.24. The molecule has 0 heterocycles. The summed E-state index contributed by atoms with van der Waals surface area (Å²) in [4.78, 5) is 15.2. The lowest BCUT2D eigenvalue weighted by Gasteiger charge is -2.18. The van der Waals surface area contributed by atoms with Crippen molar-refractivity contribution in [1.29, 1.82) is 0 Å². The Morgan fingerprint density at radius 3 is 1.96 bits per heavy atom. The monoisotopic (exact) mass is 341 g/mol. The van der Waals surface area contributed by atoms with E-state index in [-0.39, 0.29) is 5.78 Å². The van der Waals surface area contributed by atoms with Gasteiger partial charge in [-0.1, -0.05) is 91.0 Å². The molecule has 0 aliphatic heterocycles. The molecule has 130 valence electrons. The van der Waals surface area contributed by atoms with Gasteiger partial charge in [-0.25, -0.2) is 0 Å². The largest absolute Gasteiger partial charge is 0.298 e. The van der Waals surface area contributed by atoms with Crippen LogP contribution in [-0.4, -0.2) is 24.3 Å². The fraction of sp³-hybridized carbons (Fsp3) is 0.125. The quantitative estimate of drug-likeness (QED) is 0.441. The van der Waals surface area contributed by atoms with E-state index in [0.29, 0.717) is 6.54 Å². The predicted octanol–water partition coefficient (Wildman–Crippen LogP) is 5.08. The molecule has 2 heteroatoms. The number of hydrogen-bond acceptors (Lipinski definition) is 2. The van der Waals surface area contributed by atoms with Crippen LogP contribution in [0.25, 0.3) is 6.08 Å². The first-order chi connectivity index (χ1) is 12.7. The summed E-state index contributed by atoms with van der Waals surface area (Å²) in [5.74, 6) is 0.0781. The molecule has 0 radical (unpaired) electrons. The van der Waals surface area contributed by atoms with Gasteiger partial charge < -0.3 is 0 Å². The first-order valence-electron chi connectivity index (χ1n) is 8.80. The van der Waals surface area contributed by atoms with Gasteiger partial charge in [0, 0.05) is 24.2 Å². The fourth-order valence-corrected chi connectivity index (χ4v) is 2.95. The number of ketones is 1. The van der Waals surface area contributed by atoms with E-state index in [9.17, 15) is 4.79 Å². The third-order valence-electron chi connectivity index (χ3n) is 4.20. The van der Waals surface area contributed by atoms with E-state index in [1.807, 2.05) is 92.0 Å². The predicted molar refractivity (Wildman–Crippen MR) is 108 cm³/mol. The normalized spacial score (nSPS) is 11.5. The Hall–Kier alpha value is -2.97. The van der Waals surface area contributed by atoms with Crippen molar-refractivity contribution in [3.63, 3.8) is 0 Å². The van der Waals surface area contributed by atoms with Crippen LogP contribution in [-0.2, 0) is 6.54 Å². The van der Waals surface area contributed by atoms with Crippen molar-refractivity contribution in [1.82, 2.24) is 4.90 Å². The van der Waals surface area contributed by atoms with E-state index < -0.39 is 0 Å². The summed E-state index contributed by atoms with van der Waals surface area (Å²) >= 11 is 0. The average Bonchev–Trinajstić information content (AvgIpc) is 2.69. The van der Waals surface area contributed by atoms with Gasteiger partial charge in [0.15, 0.2) is 5.78 Å². The van der Waals surface area contributed by atoms with Gasteiger partial charge >= 0.3 is 0 Å². The summed E-state index contributed by atoms with van der Waals surface area (Å²) < 4.78 is 0. The molecular formula is C24H23NO. The second kappa shape index (κ2) is 8.93. The number of rotatable bonds is 7. The van der Waals surface area contributed by atoms with Crippen LogP contribution >= 0.6 is 0 Å². The minimum absolute atomic E-state index is 0.0781. The minimum atomic E-state index is 0.0781. The van der Waals surface area contributed by atoms with E-state index >= 15 is 0 Å². The van der Waals surface area contributed by atoms with Crippen LogP contribution in [0.2, 0.25) is 0 Å². The number of nitrogens with zero attached hydrogens (tertiary/aromatic N) is 1. The Bertz CT molecular complexity index is 854. The summed E-state index contributed by atoms with van der Waals surface area (Å²) in [5, 5.41) is 0. The van der Waals surface area contributed by atoms with Crippen molar-refractivity contribution >= 4 is 11.9 Å². The molecule has 0 aliphatic rings. The zero-order valence-electron chi connectivity index (χ0n) is 15.0. The van der Waals surface area contributed by atoms with Crippen LogP contribution in [0.5, 0.6) is 0 Å². The van der Waals surface area contributed by atoms with E-state index in [2.05, 4.69) is 17.0 Å². The Labute approximate surface area is 155 Å². The molecule has 0 unspecified atom stereocenters. The topological polar surface area (TPSA) is 20.3 Å². The number of hydrogen-bond donors (Lipinski definition) is 0. The Kier molecular flexibility index (Phi) is 6.13. The van der Waals surface area contributed by atoms with Crippen LogP contribution in [0.3, 0.4) is 0 Å². The maximum absolute atomic E-state index is 13.0. The highest BCUT2D eigenvalue weighted by molar-refractivity contribution is 6.11. The molecule has 0 saturated carbocycles. The summed E-state index contributed by atoms with van der Waals surface area (Å²) in [6.45, 7) is 1.40. The number of benzene rings is 3. The fourth-order valence-electron chi connectivity index (χ4n) is 2.95. The van der Waals surface area contributed by atoms with Gasteiger partial charge in [-0.2, -0.15) is 0 Å². The van der Waals surface area contributed by atoms with Gasteiger partial charge in [0.05, 0.1) is 0 Å². The molecule has 0 bridgehead atoms. The second-order valence-electron chi connectivity index (χ2n) is 6.43. The van der Waals surface area contributed by atoms with E-state index in [4.69, 9.17) is 0 Å². The Morgan fingerprint density at radius 1 is 0.808 bits per heavy atom. The third-order valence-corrected chi connectivity index (χ3v) is 4.20. The molecule has 0 spiro atoms. The highest BCUT2D eigenvalue weighted by atomic mass is 16.1. The summed E-state index contributed by atoms with van der Waals surface area (Å²) in [6, 6.07) is 29.8. The van der Waals surface area contributed by atoms with Gasteiger partial charge in [-0.3, -0.25) is 9.69 Å². The van der Waals surface area contributed by atoms with Gasteiger partial charge in [0.2, 0.25) is 0 Å². The van der Waals surface area contributed by atoms with Crippen molar-refractivity contribution in [2.45, 2.75) is 6.54 Å². The molecule has 3 aromatic rings. The van der Waals surface area contributed by atoms with Gasteiger partial charge in [-0.05, 0) is 24.3 Å². The molecule has 0 N–H and O–H groups in total. The van der Waals surface area contributed by atoms with E-state index in [1.54, 1.807) is 0 Å². The molecule has 0 aliphatic carbocycles. The van der Waals surface area contributed by atoms with E-state index in [1.165, 1.54) is 5.56 Å². The van der Waals surface area contributed by atoms with Crippen molar-refractivity contribution in [3.8, 4) is 0 Å². The standard InChI is InChI=1S/C24H23NO/c1-25(18-21-13-7-3-8-14-21)19-23(17-20-11-5-2-6-12-20)24(26)22-15-9-4-10-16-22/h2-17H,18-19H2,1H3. The summed E-state index contributed by atoms with van der Waals surface area (Å²) in [6.07, 6.45) is 2.00. The molecule has 26 heavy (non-hydrogen) atoms. The molecule has 2 nitrogen and oxygen atoms in total. The zero-order chi connectivity index (χ0) is 18.2. The SMILES string of the molecule is CN(CC(=Cc1ccccc1)C(=O)c1ccccc1)Cc1ccccc1. The minimum Gasteiger partial charge on any atom is -0.298 e. The molecule has 0 saturated heterocycles. The number of Topliss-reactive ketones (excluding diaryl/α,β-unsaturated/α-hetero) is 1. The Balaban J connectivity index is 1.83. The van der Waals surface area contributed by atoms with Gasteiger partial charge in [0.25, 0.3) is 0 Å².